The highest BCUT2D eigenvalue weighted by atomic mass is 19.2. The van der Waals surface area contributed by atoms with Crippen LogP contribution in [0.1, 0.15) is 96.5 Å². The molecule has 0 heterocycles. The number of rotatable bonds is 18. The van der Waals surface area contributed by atoms with Crippen molar-refractivity contribution in [2.45, 2.75) is 97.3 Å². The maximum absolute atomic E-state index is 15.3. The third-order valence-corrected chi connectivity index (χ3v) is 8.32. The van der Waals surface area contributed by atoms with Gasteiger partial charge in [-0.15, -0.1) is 0 Å². The summed E-state index contributed by atoms with van der Waals surface area (Å²) in [4.78, 5) is 0. The molecule has 0 aliphatic heterocycles. The van der Waals surface area contributed by atoms with Gasteiger partial charge in [-0.3, -0.25) is 0 Å². The fourth-order valence-corrected chi connectivity index (χ4v) is 5.61. The summed E-state index contributed by atoms with van der Waals surface area (Å²) in [6.07, 6.45) is 16.1. The molecular weight excluding hydrogens is 534 g/mol. The van der Waals surface area contributed by atoms with Crippen LogP contribution in [-0.4, -0.2) is 6.61 Å². The van der Waals surface area contributed by atoms with Crippen LogP contribution in [0.2, 0.25) is 0 Å². The third kappa shape index (κ3) is 9.78. The van der Waals surface area contributed by atoms with Crippen LogP contribution in [0.15, 0.2) is 84.9 Å². The van der Waals surface area contributed by atoms with Crippen molar-refractivity contribution in [3.63, 3.8) is 0 Å². The molecule has 0 aliphatic carbocycles. The van der Waals surface area contributed by atoms with Gasteiger partial charge < -0.3 is 4.74 Å². The molecule has 0 saturated heterocycles. The van der Waals surface area contributed by atoms with Crippen LogP contribution in [0.3, 0.4) is 0 Å². The molecule has 4 aromatic rings. The average molecular weight is 583 g/mol. The van der Waals surface area contributed by atoms with Gasteiger partial charge in [0.05, 0.1) is 6.61 Å². The number of hydrogen-bond acceptors (Lipinski definition) is 1. The Bertz CT molecular complexity index is 1360. The van der Waals surface area contributed by atoms with Gasteiger partial charge in [0.25, 0.3) is 0 Å². The number of aryl methyl sites for hydroxylation is 1. The Labute approximate surface area is 258 Å². The highest BCUT2D eigenvalue weighted by Crippen LogP contribution is 2.33. The molecule has 0 N–H and O–H groups in total. The molecule has 0 atom stereocenters. The molecule has 0 radical (unpaired) electrons. The van der Waals surface area contributed by atoms with Gasteiger partial charge in [0, 0.05) is 11.1 Å². The zero-order valence-corrected chi connectivity index (χ0v) is 26.1. The summed E-state index contributed by atoms with van der Waals surface area (Å²) >= 11 is 0. The summed E-state index contributed by atoms with van der Waals surface area (Å²) in [5.74, 6) is -0.743. The Morgan fingerprint density at radius 1 is 0.442 bits per heavy atom. The molecule has 0 fully saturated rings. The van der Waals surface area contributed by atoms with Gasteiger partial charge in [0.2, 0.25) is 0 Å². The molecule has 1 nitrogen and oxygen atoms in total. The molecule has 3 heteroatoms. The smallest absolute Gasteiger partial charge is 0.167 e. The van der Waals surface area contributed by atoms with Crippen molar-refractivity contribution in [2.24, 2.45) is 0 Å². The van der Waals surface area contributed by atoms with Crippen molar-refractivity contribution in [1.82, 2.24) is 0 Å². The van der Waals surface area contributed by atoms with E-state index in [2.05, 4.69) is 13.8 Å². The monoisotopic (exact) mass is 582 g/mol. The lowest BCUT2D eigenvalue weighted by molar-refractivity contribution is 0.304. The van der Waals surface area contributed by atoms with E-state index in [1.54, 1.807) is 12.1 Å². The lowest BCUT2D eigenvalue weighted by Gasteiger charge is -2.11. The van der Waals surface area contributed by atoms with Gasteiger partial charge in [-0.05, 0) is 59.2 Å². The van der Waals surface area contributed by atoms with Gasteiger partial charge in [0.15, 0.2) is 11.6 Å². The summed E-state index contributed by atoms with van der Waals surface area (Å²) < 4.78 is 36.5. The first-order chi connectivity index (χ1) is 21.1. The Morgan fingerprint density at radius 2 is 0.860 bits per heavy atom. The molecular formula is C40H48F2O. The van der Waals surface area contributed by atoms with Crippen LogP contribution in [0, 0.1) is 11.6 Å². The molecule has 0 saturated carbocycles. The summed E-state index contributed by atoms with van der Waals surface area (Å²) in [5, 5.41) is 0. The molecule has 43 heavy (non-hydrogen) atoms. The van der Waals surface area contributed by atoms with E-state index in [-0.39, 0.29) is 5.56 Å². The van der Waals surface area contributed by atoms with Crippen molar-refractivity contribution in [3.05, 3.63) is 102 Å². The first kappa shape index (κ1) is 32.5. The molecule has 0 aliphatic rings. The topological polar surface area (TPSA) is 9.23 Å². The van der Waals surface area contributed by atoms with E-state index in [1.165, 1.54) is 76.2 Å². The van der Waals surface area contributed by atoms with Crippen molar-refractivity contribution >= 4 is 0 Å². The number of hydrogen-bond donors (Lipinski definition) is 0. The predicted molar refractivity (Wildman–Crippen MR) is 179 cm³/mol. The van der Waals surface area contributed by atoms with Gasteiger partial charge in [0.1, 0.15) is 5.75 Å². The van der Waals surface area contributed by atoms with Gasteiger partial charge in [-0.2, -0.15) is 0 Å². The number of ether oxygens (including phenoxy) is 1. The van der Waals surface area contributed by atoms with E-state index in [9.17, 15) is 0 Å². The highest BCUT2D eigenvalue weighted by Gasteiger charge is 2.16. The van der Waals surface area contributed by atoms with Crippen LogP contribution in [-0.2, 0) is 6.42 Å². The third-order valence-electron chi connectivity index (χ3n) is 8.32. The standard InChI is InChI=1S/C40H48F2O/c1-3-5-7-9-10-11-13-15-31-16-18-34(19-17-31)37-28-29-38(40(42)39(37)41)35-22-20-32(21-23-35)33-24-26-36(27-25-33)43-30-14-12-8-6-4-2/h16-29H,3-15,30H2,1-2H3. The zero-order valence-electron chi connectivity index (χ0n) is 26.1. The Kier molecular flexibility index (Phi) is 13.3. The second kappa shape index (κ2) is 17.6. The van der Waals surface area contributed by atoms with Gasteiger partial charge in [-0.1, -0.05) is 151 Å². The fraction of sp³-hybridized carbons (Fsp3) is 0.400. The number of halogens is 2. The van der Waals surface area contributed by atoms with E-state index >= 15 is 8.78 Å². The van der Waals surface area contributed by atoms with E-state index in [0.717, 1.165) is 36.3 Å². The summed E-state index contributed by atoms with van der Waals surface area (Å²) in [5.41, 5.74) is 5.23. The van der Waals surface area contributed by atoms with Crippen molar-refractivity contribution in [1.29, 1.82) is 0 Å². The highest BCUT2D eigenvalue weighted by molar-refractivity contribution is 5.74. The van der Waals surface area contributed by atoms with Crippen molar-refractivity contribution < 1.29 is 13.5 Å². The van der Waals surface area contributed by atoms with Crippen LogP contribution in [0.4, 0.5) is 8.78 Å². The summed E-state index contributed by atoms with van der Waals surface area (Å²) in [7, 11) is 0. The maximum atomic E-state index is 15.3. The molecule has 0 spiro atoms. The second-order valence-corrected chi connectivity index (χ2v) is 11.7. The quantitative estimate of drug-likeness (QED) is 0.106. The van der Waals surface area contributed by atoms with E-state index in [0.29, 0.717) is 16.7 Å². The molecule has 4 rings (SSSR count). The molecule has 0 bridgehead atoms. The Morgan fingerprint density at radius 3 is 1.40 bits per heavy atom. The van der Waals surface area contributed by atoms with E-state index in [4.69, 9.17) is 4.74 Å². The van der Waals surface area contributed by atoms with Gasteiger partial charge in [-0.25, -0.2) is 8.78 Å². The normalized spacial score (nSPS) is 11.2. The fourth-order valence-electron chi connectivity index (χ4n) is 5.61. The van der Waals surface area contributed by atoms with Crippen LogP contribution < -0.4 is 4.74 Å². The van der Waals surface area contributed by atoms with Gasteiger partial charge >= 0.3 is 0 Å². The zero-order chi connectivity index (χ0) is 30.3. The number of benzene rings is 4. The summed E-state index contributed by atoms with van der Waals surface area (Å²) in [6, 6.07) is 27.0. The molecule has 228 valence electrons. The van der Waals surface area contributed by atoms with Crippen LogP contribution in [0.25, 0.3) is 33.4 Å². The lowest BCUT2D eigenvalue weighted by Crippen LogP contribution is -1.97. The van der Waals surface area contributed by atoms with E-state index < -0.39 is 11.6 Å². The minimum Gasteiger partial charge on any atom is -0.494 e. The van der Waals surface area contributed by atoms with Crippen molar-refractivity contribution in [2.75, 3.05) is 6.61 Å². The first-order valence-electron chi connectivity index (χ1n) is 16.5. The van der Waals surface area contributed by atoms with Crippen LogP contribution >= 0.6 is 0 Å². The SMILES string of the molecule is CCCCCCCCCc1ccc(-c2ccc(-c3ccc(-c4ccc(OCCCCCCC)cc4)cc3)c(F)c2F)cc1. The average Bonchev–Trinajstić information content (AvgIpc) is 3.04. The Hall–Kier alpha value is -3.46. The summed E-state index contributed by atoms with van der Waals surface area (Å²) in [6.45, 7) is 5.20. The molecule has 0 aromatic heterocycles. The molecule has 0 amide bonds. The number of unbranched alkanes of at least 4 members (excludes halogenated alkanes) is 10. The maximum Gasteiger partial charge on any atom is 0.167 e. The van der Waals surface area contributed by atoms with Crippen molar-refractivity contribution in [3.8, 4) is 39.1 Å². The lowest BCUT2D eigenvalue weighted by atomic mass is 9.96. The minimum absolute atomic E-state index is 0.269. The molecule has 4 aromatic carbocycles. The van der Waals surface area contributed by atoms with E-state index in [1.807, 2.05) is 72.8 Å². The Balaban J connectivity index is 1.33. The molecule has 0 unspecified atom stereocenters. The first-order valence-corrected chi connectivity index (χ1v) is 16.5. The predicted octanol–water partition coefficient (Wildman–Crippen LogP) is 12.6. The van der Waals surface area contributed by atoms with Crippen LogP contribution in [0.5, 0.6) is 5.75 Å². The largest absolute Gasteiger partial charge is 0.494 e. The minimum atomic E-state index is -0.811. The second-order valence-electron chi connectivity index (χ2n) is 11.7.